The zero-order chi connectivity index (χ0) is 59.0. The molecule has 0 aromatic heterocycles. The molecule has 0 aliphatic heterocycles. The van der Waals surface area contributed by atoms with Crippen molar-refractivity contribution < 1.29 is 112 Å². The van der Waals surface area contributed by atoms with Gasteiger partial charge in [0.1, 0.15) is 0 Å². The molecule has 78 heavy (non-hydrogen) atoms. The number of hydrogen-bond donors (Lipinski definition) is 0. The van der Waals surface area contributed by atoms with E-state index in [0.717, 1.165) is 44.5 Å². The maximum absolute atomic E-state index is 11.5. The average Bonchev–Trinajstić information content (AvgIpc) is 3.27. The van der Waals surface area contributed by atoms with E-state index in [1.165, 1.54) is 27.7 Å². The Hall–Kier alpha value is -6.32. The molecule has 12 N–H and O–H groups in total. The summed E-state index contributed by atoms with van der Waals surface area (Å²) in [6, 6.07) is 14.6. The van der Waals surface area contributed by atoms with Crippen LogP contribution in [0, 0.1) is 0 Å². The standard InChI is InChI=1S/4C15H20O4.2Cu/c4*1-8(2)11-6-12(9(3)4)14(19-10(5)16)13(7-11)15(17)18;;/h4*6-9H,1-5H3,(H,17,18);;/p+8. The molecular formula is C60H88Cu2O16+8. The minimum Gasteiger partial charge on any atom is -0.561 e. The Morgan fingerprint density at radius 2 is 0.449 bits per heavy atom. The Bertz CT molecular complexity index is 2390. The first kappa shape index (κ1) is 73.8. The largest absolute Gasteiger partial charge is 0.561 e. The van der Waals surface area contributed by atoms with Gasteiger partial charge in [-0.15, -0.1) is 0 Å². The zero-order valence-corrected chi connectivity index (χ0v) is 50.8. The molecule has 0 fully saturated rings. The van der Waals surface area contributed by atoms with Crippen molar-refractivity contribution in [1.29, 1.82) is 0 Å². The predicted molar refractivity (Wildman–Crippen MR) is 303 cm³/mol. The summed E-state index contributed by atoms with van der Waals surface area (Å²) in [5.74, 6) is -1.46. The number of benzene rings is 4. The molecule has 0 aliphatic rings. The summed E-state index contributed by atoms with van der Waals surface area (Å²) >= 11 is 0. The molecule has 0 atom stereocenters. The summed E-state index contributed by atoms with van der Waals surface area (Å²) in [5, 5.41) is 29.5. The minimum atomic E-state index is -0.805. The third-order valence-corrected chi connectivity index (χ3v) is 11.7. The van der Waals surface area contributed by atoms with E-state index < -0.39 is 23.9 Å². The Labute approximate surface area is 481 Å². The van der Waals surface area contributed by atoms with Crippen molar-refractivity contribution in [3.63, 3.8) is 0 Å². The van der Waals surface area contributed by atoms with Gasteiger partial charge in [-0.05, 0) is 118 Å². The van der Waals surface area contributed by atoms with Crippen LogP contribution in [-0.4, -0.2) is 87.4 Å². The number of esters is 4. The summed E-state index contributed by atoms with van der Waals surface area (Å²) in [6.07, 6.45) is 0. The summed E-state index contributed by atoms with van der Waals surface area (Å²) in [4.78, 5) is 83.2. The SMILES string of the molecule is CC(=[OH+])Oc1c(C(=O)[OH2+])cc(C(C)C)cc1C(C)C.CC(=[OH+])Oc1c(C(=O)[OH2+])cc(C(C)C)cc1C(C)C.CC(=[OH+])Oc1c(C(=O)[OH2+])cc(C(C)C)cc1C(C)C.CC(=[OH+])Oc1c(C(=O)[OH2+])cc(C(C)C)cc1C(C)C.[Cu].[Cu]. The van der Waals surface area contributed by atoms with E-state index in [-0.39, 0.29) is 128 Å². The van der Waals surface area contributed by atoms with Gasteiger partial charge < -0.3 is 39.6 Å². The van der Waals surface area contributed by atoms with Crippen LogP contribution in [0.5, 0.6) is 23.0 Å². The number of hydrogen-bond acceptors (Lipinski definition) is 8. The van der Waals surface area contributed by atoms with Gasteiger partial charge in [-0.25, -0.2) is 0 Å². The van der Waals surface area contributed by atoms with Crippen molar-refractivity contribution >= 4 is 47.8 Å². The zero-order valence-electron chi connectivity index (χ0n) is 48.9. The van der Waals surface area contributed by atoms with E-state index in [9.17, 15) is 38.4 Å². The van der Waals surface area contributed by atoms with Gasteiger partial charge >= 0.3 is 47.8 Å². The van der Waals surface area contributed by atoms with Crippen LogP contribution < -0.4 is 18.9 Å². The van der Waals surface area contributed by atoms with Gasteiger partial charge in [-0.2, -0.15) is 0 Å². The monoisotopic (exact) mass is 1190 g/mol. The Kier molecular flexibility index (Phi) is 31.4. The second-order valence-electron chi connectivity index (χ2n) is 21.0. The molecule has 4 rings (SSSR count). The second-order valence-corrected chi connectivity index (χ2v) is 21.0. The summed E-state index contributed by atoms with van der Waals surface area (Å²) in [7, 11) is 0. The first-order valence-corrected chi connectivity index (χ1v) is 25.5. The fourth-order valence-electron chi connectivity index (χ4n) is 7.47. The van der Waals surface area contributed by atoms with Crippen LogP contribution in [0.1, 0.15) is 272 Å². The van der Waals surface area contributed by atoms with E-state index in [1.54, 1.807) is 24.3 Å². The fourth-order valence-corrected chi connectivity index (χ4v) is 7.47. The Morgan fingerprint density at radius 3 is 0.538 bits per heavy atom. The van der Waals surface area contributed by atoms with E-state index in [1.807, 2.05) is 135 Å². The third kappa shape index (κ3) is 22.2. The minimum absolute atomic E-state index is 0. The number of carbonyl (C=O) groups is 4. The number of carbonyl (C=O) groups excluding carboxylic acids is 8. The molecule has 0 bridgehead atoms. The molecule has 16 nitrogen and oxygen atoms in total. The molecule has 18 heteroatoms. The van der Waals surface area contributed by atoms with Crippen LogP contribution in [0.2, 0.25) is 0 Å². The van der Waals surface area contributed by atoms with Crippen LogP contribution in [0.15, 0.2) is 48.5 Å². The molecule has 0 unspecified atom stereocenters. The second kappa shape index (κ2) is 33.2. The average molecular weight is 1190 g/mol. The molecule has 0 amide bonds. The van der Waals surface area contributed by atoms with Crippen LogP contribution >= 0.6 is 0 Å². The molecular weight excluding hydrogens is 1100 g/mol. The maximum atomic E-state index is 11.5. The van der Waals surface area contributed by atoms with Gasteiger partial charge in [0.15, 0.2) is 22.3 Å². The summed E-state index contributed by atoms with van der Waals surface area (Å²) < 4.78 is 21.1. The van der Waals surface area contributed by atoms with E-state index in [4.69, 9.17) is 39.4 Å². The Morgan fingerprint density at radius 1 is 0.308 bits per heavy atom. The van der Waals surface area contributed by atoms with E-state index >= 15 is 0 Å². The first-order chi connectivity index (χ1) is 34.9. The van der Waals surface area contributed by atoms with Gasteiger partial charge in [0.25, 0.3) is 23.0 Å². The van der Waals surface area contributed by atoms with Crippen molar-refractivity contribution in [3.05, 3.63) is 115 Å². The molecule has 0 aliphatic carbocycles. The summed E-state index contributed by atoms with van der Waals surface area (Å²) in [5.41, 5.74) is 8.06. The molecule has 438 valence electrons. The summed E-state index contributed by atoms with van der Waals surface area (Å²) in [6.45, 7) is 37.7. The topological polar surface area (TPSA) is 282 Å². The molecule has 4 aromatic rings. The molecule has 0 spiro atoms. The van der Waals surface area contributed by atoms with Crippen molar-refractivity contribution in [2.24, 2.45) is 0 Å². The fraction of sp³-hybridized carbons (Fsp3) is 0.467. The molecule has 0 heterocycles. The maximum Gasteiger partial charge on any atom is 0.555 e. The van der Waals surface area contributed by atoms with Crippen molar-refractivity contribution in [1.82, 2.24) is 0 Å². The van der Waals surface area contributed by atoms with Crippen molar-refractivity contribution in [3.8, 4) is 23.0 Å². The van der Waals surface area contributed by atoms with Gasteiger partial charge in [0, 0.05) is 75.6 Å². The third-order valence-electron chi connectivity index (χ3n) is 11.7. The van der Waals surface area contributed by atoms with Crippen molar-refractivity contribution in [2.75, 3.05) is 0 Å². The Balaban J connectivity index is 0. The van der Waals surface area contributed by atoms with Gasteiger partial charge in [-0.1, -0.05) is 111 Å². The van der Waals surface area contributed by atoms with E-state index in [0.29, 0.717) is 23.0 Å². The van der Waals surface area contributed by atoms with Gasteiger partial charge in [-0.3, -0.25) is 18.9 Å². The van der Waals surface area contributed by atoms with Gasteiger partial charge in [0.05, 0.1) is 27.7 Å². The first-order valence-electron chi connectivity index (χ1n) is 25.5. The number of ether oxygens (including phenoxy) is 4. The normalized spacial score (nSPS) is 10.6. The van der Waals surface area contributed by atoms with Crippen LogP contribution in [0.25, 0.3) is 0 Å². The van der Waals surface area contributed by atoms with E-state index in [2.05, 4.69) is 0 Å². The van der Waals surface area contributed by atoms with Crippen LogP contribution in [0.3, 0.4) is 0 Å². The predicted octanol–water partition coefficient (Wildman–Crippen LogP) is 10.8. The van der Waals surface area contributed by atoms with Crippen LogP contribution in [0.4, 0.5) is 0 Å². The molecule has 0 saturated carbocycles. The molecule has 4 aromatic carbocycles. The molecule has 2 radical (unpaired) electrons. The quantitative estimate of drug-likeness (QED) is 0.0449. The van der Waals surface area contributed by atoms with Crippen molar-refractivity contribution in [2.45, 2.75) is 186 Å². The smallest absolute Gasteiger partial charge is 0.555 e. The molecule has 0 saturated heterocycles. The van der Waals surface area contributed by atoms with Gasteiger partial charge in [0.2, 0.25) is 0 Å². The van der Waals surface area contributed by atoms with Crippen LogP contribution in [-0.2, 0) is 34.1 Å². The number of rotatable bonds is 16.